The molecule has 0 spiro atoms. The molecule has 3 atom stereocenters. The largest absolute Gasteiger partial charge is 0.478 e. The van der Waals surface area contributed by atoms with Gasteiger partial charge in [0.2, 0.25) is 0 Å². The predicted molar refractivity (Wildman–Crippen MR) is 70.8 cm³/mol. The molecule has 1 saturated heterocycles. The van der Waals surface area contributed by atoms with Crippen LogP contribution >= 0.6 is 0 Å². The van der Waals surface area contributed by atoms with Gasteiger partial charge in [0, 0.05) is 18.6 Å². The summed E-state index contributed by atoms with van der Waals surface area (Å²) < 4.78 is 0. The van der Waals surface area contributed by atoms with Crippen molar-refractivity contribution in [3.05, 3.63) is 35.4 Å². The lowest BCUT2D eigenvalue weighted by molar-refractivity contribution is 0.0696. The van der Waals surface area contributed by atoms with Gasteiger partial charge in [-0.1, -0.05) is 19.1 Å². The SMILES string of the molecule is CCC1NCC(c2cccc(C(=O)O)c2)CC1N. The van der Waals surface area contributed by atoms with Crippen LogP contribution in [-0.2, 0) is 0 Å². The zero-order valence-electron chi connectivity index (χ0n) is 10.6. The molecule has 1 aromatic rings. The van der Waals surface area contributed by atoms with Gasteiger partial charge in [0.1, 0.15) is 0 Å². The highest BCUT2D eigenvalue weighted by Gasteiger charge is 2.27. The van der Waals surface area contributed by atoms with Gasteiger partial charge in [0.25, 0.3) is 0 Å². The molecule has 0 bridgehead atoms. The molecule has 18 heavy (non-hydrogen) atoms. The molecule has 1 aliphatic rings. The Morgan fingerprint density at radius 3 is 2.94 bits per heavy atom. The highest BCUT2D eigenvalue weighted by atomic mass is 16.4. The summed E-state index contributed by atoms with van der Waals surface area (Å²) in [5.74, 6) is -0.571. The molecule has 3 unspecified atom stereocenters. The van der Waals surface area contributed by atoms with E-state index in [-0.39, 0.29) is 6.04 Å². The second-order valence-corrected chi connectivity index (χ2v) is 4.95. The Kier molecular flexibility index (Phi) is 3.99. The molecule has 0 amide bonds. The van der Waals surface area contributed by atoms with Gasteiger partial charge in [-0.2, -0.15) is 0 Å². The van der Waals surface area contributed by atoms with E-state index in [4.69, 9.17) is 10.8 Å². The number of carboxylic acids is 1. The molecule has 98 valence electrons. The molecule has 4 N–H and O–H groups in total. The zero-order chi connectivity index (χ0) is 13.1. The number of carbonyl (C=O) groups is 1. The van der Waals surface area contributed by atoms with Crippen molar-refractivity contribution in [2.75, 3.05) is 6.54 Å². The van der Waals surface area contributed by atoms with Crippen molar-refractivity contribution in [1.82, 2.24) is 5.32 Å². The number of nitrogens with one attached hydrogen (secondary N) is 1. The molecule has 0 radical (unpaired) electrons. The fourth-order valence-electron chi connectivity index (χ4n) is 2.65. The Morgan fingerprint density at radius 1 is 1.56 bits per heavy atom. The van der Waals surface area contributed by atoms with Gasteiger partial charge in [-0.15, -0.1) is 0 Å². The normalized spacial score (nSPS) is 28.0. The van der Waals surface area contributed by atoms with E-state index in [2.05, 4.69) is 12.2 Å². The summed E-state index contributed by atoms with van der Waals surface area (Å²) in [6, 6.07) is 7.68. The molecule has 1 aliphatic heterocycles. The minimum Gasteiger partial charge on any atom is -0.478 e. The summed E-state index contributed by atoms with van der Waals surface area (Å²) in [6.45, 7) is 3.00. The van der Waals surface area contributed by atoms with Crippen molar-refractivity contribution in [2.45, 2.75) is 37.8 Å². The van der Waals surface area contributed by atoms with Crippen LogP contribution in [0.15, 0.2) is 24.3 Å². The second-order valence-electron chi connectivity index (χ2n) is 4.95. The number of hydrogen-bond donors (Lipinski definition) is 3. The number of benzene rings is 1. The Labute approximate surface area is 107 Å². The van der Waals surface area contributed by atoms with E-state index >= 15 is 0 Å². The third kappa shape index (κ3) is 2.71. The van der Waals surface area contributed by atoms with Crippen LogP contribution in [0.5, 0.6) is 0 Å². The maximum absolute atomic E-state index is 11.0. The molecule has 0 saturated carbocycles. The topological polar surface area (TPSA) is 75.3 Å². The number of rotatable bonds is 3. The average molecular weight is 248 g/mol. The van der Waals surface area contributed by atoms with Crippen molar-refractivity contribution in [2.24, 2.45) is 5.73 Å². The van der Waals surface area contributed by atoms with Crippen molar-refractivity contribution < 1.29 is 9.90 Å². The molecule has 4 heteroatoms. The van der Waals surface area contributed by atoms with Crippen molar-refractivity contribution in [3.8, 4) is 0 Å². The van der Waals surface area contributed by atoms with E-state index in [1.807, 2.05) is 6.07 Å². The van der Waals surface area contributed by atoms with Gasteiger partial charge in [0.05, 0.1) is 5.56 Å². The first-order valence-electron chi connectivity index (χ1n) is 6.44. The monoisotopic (exact) mass is 248 g/mol. The number of aromatic carboxylic acids is 1. The summed E-state index contributed by atoms with van der Waals surface area (Å²) in [7, 11) is 0. The molecular formula is C14H20N2O2. The van der Waals surface area contributed by atoms with Crippen LogP contribution in [0.2, 0.25) is 0 Å². The van der Waals surface area contributed by atoms with Gasteiger partial charge in [-0.05, 0) is 36.5 Å². The standard InChI is InChI=1S/C14H20N2O2/c1-2-13-12(15)7-11(8-16-13)9-4-3-5-10(6-9)14(17)18/h3-6,11-13,16H,2,7-8,15H2,1H3,(H,17,18). The Morgan fingerprint density at radius 2 is 2.33 bits per heavy atom. The van der Waals surface area contributed by atoms with Gasteiger partial charge < -0.3 is 16.2 Å². The van der Waals surface area contributed by atoms with Crippen LogP contribution < -0.4 is 11.1 Å². The van der Waals surface area contributed by atoms with Gasteiger partial charge >= 0.3 is 5.97 Å². The summed E-state index contributed by atoms with van der Waals surface area (Å²) in [6.07, 6.45) is 1.94. The molecule has 1 fully saturated rings. The summed E-state index contributed by atoms with van der Waals surface area (Å²) in [4.78, 5) is 11.0. The average Bonchev–Trinajstić information content (AvgIpc) is 2.38. The van der Waals surface area contributed by atoms with E-state index in [0.29, 0.717) is 17.5 Å². The molecule has 0 aliphatic carbocycles. The van der Waals surface area contributed by atoms with Gasteiger partial charge in [-0.3, -0.25) is 0 Å². The molecule has 4 nitrogen and oxygen atoms in total. The number of carboxylic acid groups (broad SMARTS) is 1. The molecule has 1 aromatic carbocycles. The van der Waals surface area contributed by atoms with Crippen LogP contribution in [0, 0.1) is 0 Å². The van der Waals surface area contributed by atoms with Crippen LogP contribution in [0.25, 0.3) is 0 Å². The Hall–Kier alpha value is -1.39. The highest BCUT2D eigenvalue weighted by molar-refractivity contribution is 5.87. The van der Waals surface area contributed by atoms with E-state index in [0.717, 1.165) is 24.9 Å². The van der Waals surface area contributed by atoms with E-state index < -0.39 is 5.97 Å². The first-order chi connectivity index (χ1) is 8.61. The molecule has 0 aromatic heterocycles. The van der Waals surface area contributed by atoms with E-state index in [1.54, 1.807) is 18.2 Å². The van der Waals surface area contributed by atoms with Gasteiger partial charge in [0.15, 0.2) is 0 Å². The predicted octanol–water partition coefficient (Wildman–Crippen LogP) is 1.57. The summed E-state index contributed by atoms with van der Waals surface area (Å²) in [5, 5.41) is 12.4. The second kappa shape index (κ2) is 5.50. The number of hydrogen-bond acceptors (Lipinski definition) is 3. The molecule has 2 rings (SSSR count). The first-order valence-corrected chi connectivity index (χ1v) is 6.44. The van der Waals surface area contributed by atoms with Crippen molar-refractivity contribution >= 4 is 5.97 Å². The summed E-state index contributed by atoms with van der Waals surface area (Å²) in [5.41, 5.74) is 7.54. The third-order valence-corrected chi connectivity index (χ3v) is 3.74. The maximum atomic E-state index is 11.0. The number of piperidine rings is 1. The molecular weight excluding hydrogens is 228 g/mol. The van der Waals surface area contributed by atoms with Crippen LogP contribution in [0.3, 0.4) is 0 Å². The Bertz CT molecular complexity index is 434. The van der Waals surface area contributed by atoms with E-state index in [9.17, 15) is 4.79 Å². The molecule has 1 heterocycles. The minimum atomic E-state index is -0.878. The van der Waals surface area contributed by atoms with Crippen molar-refractivity contribution in [3.63, 3.8) is 0 Å². The minimum absolute atomic E-state index is 0.141. The lowest BCUT2D eigenvalue weighted by atomic mass is 9.84. The van der Waals surface area contributed by atoms with Gasteiger partial charge in [-0.25, -0.2) is 4.79 Å². The Balaban J connectivity index is 2.13. The number of nitrogens with two attached hydrogens (primary N) is 1. The third-order valence-electron chi connectivity index (χ3n) is 3.74. The quantitative estimate of drug-likeness (QED) is 0.759. The van der Waals surface area contributed by atoms with E-state index in [1.165, 1.54) is 0 Å². The van der Waals surface area contributed by atoms with Crippen LogP contribution in [0.4, 0.5) is 0 Å². The first kappa shape index (κ1) is 13.1. The van der Waals surface area contributed by atoms with Crippen molar-refractivity contribution in [1.29, 1.82) is 0 Å². The van der Waals surface area contributed by atoms with Crippen LogP contribution in [0.1, 0.15) is 41.6 Å². The lowest BCUT2D eigenvalue weighted by Gasteiger charge is -2.35. The van der Waals surface area contributed by atoms with Crippen LogP contribution in [-0.4, -0.2) is 29.7 Å². The lowest BCUT2D eigenvalue weighted by Crippen LogP contribution is -2.51. The zero-order valence-corrected chi connectivity index (χ0v) is 10.6. The fourth-order valence-corrected chi connectivity index (χ4v) is 2.65. The highest BCUT2D eigenvalue weighted by Crippen LogP contribution is 2.26. The fraction of sp³-hybridized carbons (Fsp3) is 0.500. The summed E-state index contributed by atoms with van der Waals surface area (Å²) >= 11 is 0. The maximum Gasteiger partial charge on any atom is 0.335 e. The smallest absolute Gasteiger partial charge is 0.335 e.